The molecule has 21 heavy (non-hydrogen) atoms. The molecule has 3 nitrogen and oxygen atoms in total. The van der Waals surface area contributed by atoms with Gasteiger partial charge >= 0.3 is 12.1 Å². The molecule has 1 aromatic rings. The third-order valence-corrected chi connectivity index (χ3v) is 4.62. The quantitative estimate of drug-likeness (QED) is 0.884. The van der Waals surface area contributed by atoms with Gasteiger partial charge < -0.3 is 5.11 Å². The first-order valence-electron chi connectivity index (χ1n) is 6.47. The van der Waals surface area contributed by atoms with E-state index in [9.17, 15) is 18.0 Å². The van der Waals surface area contributed by atoms with E-state index >= 15 is 0 Å². The van der Waals surface area contributed by atoms with Crippen molar-refractivity contribution in [3.05, 3.63) is 34.3 Å². The molecule has 0 saturated carbocycles. The number of carbonyl (C=O) groups is 1. The molecule has 0 spiro atoms. The SMILES string of the molecule is CC(c1cccc(Br)c1)N1CCC(C(=O)O)(C(F)(F)F)C1. The maximum Gasteiger partial charge on any atom is 0.406 e. The van der Waals surface area contributed by atoms with Crippen LogP contribution in [-0.4, -0.2) is 35.2 Å². The molecule has 1 aliphatic rings. The van der Waals surface area contributed by atoms with Gasteiger partial charge in [-0.15, -0.1) is 0 Å². The summed E-state index contributed by atoms with van der Waals surface area (Å²) >= 11 is 3.32. The van der Waals surface area contributed by atoms with Gasteiger partial charge in [0.1, 0.15) is 0 Å². The summed E-state index contributed by atoms with van der Waals surface area (Å²) in [5.74, 6) is -1.79. The molecule has 1 N–H and O–H groups in total. The smallest absolute Gasteiger partial charge is 0.406 e. The normalized spacial score (nSPS) is 25.0. The molecule has 2 atom stereocenters. The van der Waals surface area contributed by atoms with Gasteiger partial charge in [-0.05, 0) is 31.0 Å². The summed E-state index contributed by atoms with van der Waals surface area (Å²) in [6.45, 7) is 1.38. The zero-order chi connectivity index (χ0) is 15.8. The number of benzene rings is 1. The van der Waals surface area contributed by atoms with Crippen LogP contribution in [0.5, 0.6) is 0 Å². The van der Waals surface area contributed by atoms with E-state index in [1.54, 1.807) is 17.9 Å². The second-order valence-electron chi connectivity index (χ2n) is 5.34. The first-order valence-corrected chi connectivity index (χ1v) is 7.26. The highest BCUT2D eigenvalue weighted by Crippen LogP contribution is 2.47. The van der Waals surface area contributed by atoms with Crippen molar-refractivity contribution in [1.82, 2.24) is 4.90 Å². The lowest BCUT2D eigenvalue weighted by Gasteiger charge is -2.29. The number of carboxylic acids is 1. The Morgan fingerprint density at radius 3 is 2.62 bits per heavy atom. The van der Waals surface area contributed by atoms with Gasteiger partial charge in [0.15, 0.2) is 5.41 Å². The molecule has 0 radical (unpaired) electrons. The van der Waals surface area contributed by atoms with Crippen molar-refractivity contribution in [2.75, 3.05) is 13.1 Å². The fourth-order valence-corrected chi connectivity index (χ4v) is 3.09. The molecule has 1 saturated heterocycles. The Bertz CT molecular complexity index is 549. The monoisotopic (exact) mass is 365 g/mol. The molecular weight excluding hydrogens is 351 g/mol. The van der Waals surface area contributed by atoms with Crippen molar-refractivity contribution in [1.29, 1.82) is 0 Å². The van der Waals surface area contributed by atoms with E-state index in [1.165, 1.54) is 0 Å². The molecule has 2 rings (SSSR count). The topological polar surface area (TPSA) is 40.5 Å². The number of halogens is 4. The standard InChI is InChI=1S/C14H15BrF3NO2/c1-9(10-3-2-4-11(15)7-10)19-6-5-13(8-19,12(20)21)14(16,17)18/h2-4,7,9H,5-6,8H2,1H3,(H,20,21). The summed E-state index contributed by atoms with van der Waals surface area (Å²) in [6, 6.07) is 7.02. The van der Waals surface area contributed by atoms with Gasteiger partial charge in [0.05, 0.1) is 0 Å². The van der Waals surface area contributed by atoms with Gasteiger partial charge in [-0.25, -0.2) is 0 Å². The fraction of sp³-hybridized carbons (Fsp3) is 0.500. The number of nitrogens with zero attached hydrogens (tertiary/aromatic N) is 1. The predicted octanol–water partition coefficient (Wildman–Crippen LogP) is 3.85. The van der Waals surface area contributed by atoms with E-state index in [-0.39, 0.29) is 12.6 Å². The molecule has 1 heterocycles. The summed E-state index contributed by atoms with van der Waals surface area (Å²) in [5, 5.41) is 9.06. The molecule has 1 fully saturated rings. The third kappa shape index (κ3) is 2.94. The molecular formula is C14H15BrF3NO2. The van der Waals surface area contributed by atoms with E-state index < -0.39 is 30.5 Å². The highest BCUT2D eigenvalue weighted by Gasteiger charge is 2.63. The molecule has 1 aliphatic heterocycles. The predicted molar refractivity (Wildman–Crippen MR) is 74.9 cm³/mol. The van der Waals surface area contributed by atoms with Gasteiger partial charge in [-0.2, -0.15) is 13.2 Å². The number of hydrogen-bond acceptors (Lipinski definition) is 2. The van der Waals surface area contributed by atoms with E-state index in [0.717, 1.165) is 10.0 Å². The van der Waals surface area contributed by atoms with Crippen LogP contribution in [0.2, 0.25) is 0 Å². The molecule has 7 heteroatoms. The highest BCUT2D eigenvalue weighted by molar-refractivity contribution is 9.10. The van der Waals surface area contributed by atoms with Crippen molar-refractivity contribution in [3.63, 3.8) is 0 Å². The maximum absolute atomic E-state index is 13.2. The van der Waals surface area contributed by atoms with Crippen molar-refractivity contribution >= 4 is 21.9 Å². The Balaban J connectivity index is 2.23. The van der Waals surface area contributed by atoms with Crippen LogP contribution in [0.4, 0.5) is 13.2 Å². The summed E-state index contributed by atoms with van der Waals surface area (Å²) < 4.78 is 40.3. The zero-order valence-electron chi connectivity index (χ0n) is 11.3. The molecule has 0 amide bonds. The lowest BCUT2D eigenvalue weighted by atomic mass is 9.86. The van der Waals surface area contributed by atoms with Crippen molar-refractivity contribution < 1.29 is 23.1 Å². The fourth-order valence-electron chi connectivity index (χ4n) is 2.67. The number of rotatable bonds is 3. The second-order valence-corrected chi connectivity index (χ2v) is 6.25. The molecule has 2 unspecified atom stereocenters. The average molecular weight is 366 g/mol. The number of carboxylic acid groups (broad SMARTS) is 1. The van der Waals surface area contributed by atoms with E-state index in [1.807, 2.05) is 18.2 Å². The first kappa shape index (κ1) is 16.3. The maximum atomic E-state index is 13.2. The number of aliphatic carboxylic acids is 1. The first-order chi connectivity index (χ1) is 9.67. The second kappa shape index (κ2) is 5.61. The molecule has 0 aliphatic carbocycles. The molecule has 0 aromatic heterocycles. The summed E-state index contributed by atoms with van der Waals surface area (Å²) in [6.07, 6.45) is -5.16. The minimum absolute atomic E-state index is 0.111. The van der Waals surface area contributed by atoms with Crippen LogP contribution in [0.25, 0.3) is 0 Å². The minimum atomic E-state index is -4.75. The minimum Gasteiger partial charge on any atom is -0.481 e. The Morgan fingerprint density at radius 1 is 1.48 bits per heavy atom. The Hall–Kier alpha value is -1.08. The largest absolute Gasteiger partial charge is 0.481 e. The van der Waals surface area contributed by atoms with Crippen LogP contribution in [-0.2, 0) is 4.79 Å². The van der Waals surface area contributed by atoms with Gasteiger partial charge in [0.2, 0.25) is 0 Å². The Labute approximate surface area is 128 Å². The number of alkyl halides is 3. The van der Waals surface area contributed by atoms with Crippen LogP contribution in [0.15, 0.2) is 28.7 Å². The van der Waals surface area contributed by atoms with Crippen molar-refractivity contribution in [3.8, 4) is 0 Å². The zero-order valence-corrected chi connectivity index (χ0v) is 12.9. The lowest BCUT2D eigenvalue weighted by molar-refractivity contribution is -0.227. The molecule has 116 valence electrons. The summed E-state index contributed by atoms with van der Waals surface area (Å²) in [4.78, 5) is 12.7. The van der Waals surface area contributed by atoms with E-state index in [4.69, 9.17) is 5.11 Å². The van der Waals surface area contributed by atoms with Gasteiger partial charge in [0, 0.05) is 23.6 Å². The third-order valence-electron chi connectivity index (χ3n) is 4.13. The van der Waals surface area contributed by atoms with E-state index in [0.29, 0.717) is 0 Å². The van der Waals surface area contributed by atoms with Gasteiger partial charge in [0.25, 0.3) is 0 Å². The average Bonchev–Trinajstić information content (AvgIpc) is 2.83. The van der Waals surface area contributed by atoms with Crippen LogP contribution in [0.1, 0.15) is 24.9 Å². The van der Waals surface area contributed by atoms with Crippen molar-refractivity contribution in [2.24, 2.45) is 5.41 Å². The van der Waals surface area contributed by atoms with Crippen molar-refractivity contribution in [2.45, 2.75) is 25.6 Å². The molecule has 0 bridgehead atoms. The van der Waals surface area contributed by atoms with E-state index in [2.05, 4.69) is 15.9 Å². The summed E-state index contributed by atoms with van der Waals surface area (Å²) in [5.41, 5.74) is -1.81. The Morgan fingerprint density at radius 2 is 2.14 bits per heavy atom. The van der Waals surface area contributed by atoms with Crippen LogP contribution in [0, 0.1) is 5.41 Å². The Kier molecular flexibility index (Phi) is 4.35. The van der Waals surface area contributed by atoms with Gasteiger partial charge in [-0.1, -0.05) is 28.1 Å². The summed E-state index contributed by atoms with van der Waals surface area (Å²) in [7, 11) is 0. The van der Waals surface area contributed by atoms with Crippen LogP contribution >= 0.6 is 15.9 Å². The van der Waals surface area contributed by atoms with Crippen LogP contribution < -0.4 is 0 Å². The lowest BCUT2D eigenvalue weighted by Crippen LogP contribution is -2.47. The molecule has 1 aromatic carbocycles. The number of hydrogen-bond donors (Lipinski definition) is 1. The van der Waals surface area contributed by atoms with Gasteiger partial charge in [-0.3, -0.25) is 9.69 Å². The highest BCUT2D eigenvalue weighted by atomic mass is 79.9. The number of likely N-dealkylation sites (tertiary alicyclic amines) is 1. The van der Waals surface area contributed by atoms with Crippen LogP contribution in [0.3, 0.4) is 0 Å².